The zero-order valence-electron chi connectivity index (χ0n) is 9.57. The lowest BCUT2D eigenvalue weighted by Gasteiger charge is -2.07. The van der Waals surface area contributed by atoms with Crippen LogP contribution in [0.3, 0.4) is 0 Å². The number of ether oxygens (including phenoxy) is 1. The zero-order valence-corrected chi connectivity index (χ0v) is 11.2. The van der Waals surface area contributed by atoms with Gasteiger partial charge in [-0.15, -0.1) is 0 Å². The second-order valence-electron chi connectivity index (χ2n) is 3.43. The Morgan fingerprint density at radius 1 is 1.47 bits per heavy atom. The van der Waals surface area contributed by atoms with Gasteiger partial charge in [-0.3, -0.25) is 4.79 Å². The molecule has 1 aromatic rings. The molecule has 0 fully saturated rings. The lowest BCUT2D eigenvalue weighted by Crippen LogP contribution is -2.11. The maximum atomic E-state index is 11.6. The third-order valence-electron chi connectivity index (χ3n) is 2.14. The van der Waals surface area contributed by atoms with Gasteiger partial charge in [-0.25, -0.2) is 4.79 Å². The van der Waals surface area contributed by atoms with Crippen LogP contribution in [0.1, 0.15) is 34.6 Å². The minimum Gasteiger partial charge on any atom is -0.507 e. The van der Waals surface area contributed by atoms with Gasteiger partial charge in [0.2, 0.25) is 0 Å². The molecule has 1 rings (SSSR count). The molecule has 92 valence electrons. The molecule has 4 nitrogen and oxygen atoms in total. The topological polar surface area (TPSA) is 63.6 Å². The molecule has 0 heterocycles. The summed E-state index contributed by atoms with van der Waals surface area (Å²) in [6, 6.07) is 4.11. The van der Waals surface area contributed by atoms with Crippen LogP contribution in [-0.4, -0.2) is 28.3 Å². The summed E-state index contributed by atoms with van der Waals surface area (Å²) in [7, 11) is 0. The maximum Gasteiger partial charge on any atom is 0.338 e. The normalized spacial score (nSPS) is 11.9. The number of hydrogen-bond acceptors (Lipinski definition) is 4. The Morgan fingerprint density at radius 3 is 2.59 bits per heavy atom. The highest BCUT2D eigenvalue weighted by Crippen LogP contribution is 2.22. The summed E-state index contributed by atoms with van der Waals surface area (Å²) in [6.45, 7) is 3.63. The fourth-order valence-corrected chi connectivity index (χ4v) is 1.54. The number of alkyl halides is 1. The van der Waals surface area contributed by atoms with Gasteiger partial charge in [0.05, 0.1) is 22.6 Å². The van der Waals surface area contributed by atoms with Crippen LogP contribution < -0.4 is 0 Å². The Hall–Kier alpha value is -1.36. The third kappa shape index (κ3) is 3.30. The van der Waals surface area contributed by atoms with Crippen LogP contribution in [0.15, 0.2) is 18.2 Å². The van der Waals surface area contributed by atoms with Crippen molar-refractivity contribution in [2.24, 2.45) is 0 Å². The minimum absolute atomic E-state index is 0.183. The van der Waals surface area contributed by atoms with Crippen molar-refractivity contribution in [1.29, 1.82) is 0 Å². The van der Waals surface area contributed by atoms with E-state index >= 15 is 0 Å². The number of rotatable bonds is 4. The van der Waals surface area contributed by atoms with Crippen molar-refractivity contribution in [3.8, 4) is 5.75 Å². The number of phenols is 1. The molecule has 1 aromatic carbocycles. The highest BCUT2D eigenvalue weighted by molar-refractivity contribution is 9.10. The van der Waals surface area contributed by atoms with Crippen molar-refractivity contribution in [2.75, 3.05) is 6.61 Å². The van der Waals surface area contributed by atoms with E-state index in [0.717, 1.165) is 0 Å². The first-order chi connectivity index (χ1) is 7.97. The quantitative estimate of drug-likeness (QED) is 0.527. The van der Waals surface area contributed by atoms with Crippen molar-refractivity contribution in [3.63, 3.8) is 0 Å². The summed E-state index contributed by atoms with van der Waals surface area (Å²) in [5.41, 5.74) is 0.408. The highest BCUT2D eigenvalue weighted by atomic mass is 79.9. The molecule has 0 saturated carbocycles. The number of phenolic OH excluding ortho intramolecular Hbond substituents is 1. The van der Waals surface area contributed by atoms with Crippen LogP contribution in [0, 0.1) is 0 Å². The predicted molar refractivity (Wildman–Crippen MR) is 66.8 cm³/mol. The molecule has 0 spiro atoms. The van der Waals surface area contributed by atoms with Crippen molar-refractivity contribution >= 4 is 27.7 Å². The number of hydrogen-bond donors (Lipinski definition) is 1. The monoisotopic (exact) mass is 300 g/mol. The smallest absolute Gasteiger partial charge is 0.338 e. The second kappa shape index (κ2) is 5.82. The Kier molecular flexibility index (Phi) is 4.69. The van der Waals surface area contributed by atoms with Gasteiger partial charge in [0.25, 0.3) is 0 Å². The van der Waals surface area contributed by atoms with Gasteiger partial charge in [0.1, 0.15) is 5.75 Å². The summed E-state index contributed by atoms with van der Waals surface area (Å²) in [4.78, 5) is 22.6. The molecular weight excluding hydrogens is 288 g/mol. The lowest BCUT2D eigenvalue weighted by molar-refractivity contribution is 0.0525. The Balaban J connectivity index is 3.02. The second-order valence-corrected chi connectivity index (χ2v) is 4.81. The molecule has 0 amide bonds. The summed E-state index contributed by atoms with van der Waals surface area (Å²) < 4.78 is 4.79. The number of benzene rings is 1. The van der Waals surface area contributed by atoms with Gasteiger partial charge in [0, 0.05) is 0 Å². The van der Waals surface area contributed by atoms with Gasteiger partial charge >= 0.3 is 5.97 Å². The third-order valence-corrected chi connectivity index (χ3v) is 2.55. The summed E-state index contributed by atoms with van der Waals surface area (Å²) >= 11 is 3.13. The average Bonchev–Trinajstić information content (AvgIpc) is 2.28. The molecule has 5 heteroatoms. The number of aromatic hydroxyl groups is 1. The van der Waals surface area contributed by atoms with Gasteiger partial charge in [-0.2, -0.15) is 0 Å². The molecular formula is C12H13BrO4. The van der Waals surface area contributed by atoms with Crippen LogP contribution in [0.2, 0.25) is 0 Å². The average molecular weight is 301 g/mol. The number of ketones is 1. The first-order valence-corrected chi connectivity index (χ1v) is 6.07. The number of Topliss-reactive ketones (excluding diaryl/α,β-unsaturated/α-hetero) is 1. The molecule has 0 saturated heterocycles. The first kappa shape index (κ1) is 13.7. The van der Waals surface area contributed by atoms with Crippen LogP contribution in [0.4, 0.5) is 0 Å². The first-order valence-electron chi connectivity index (χ1n) is 5.15. The minimum atomic E-state index is -0.520. The van der Waals surface area contributed by atoms with Crippen molar-refractivity contribution in [3.05, 3.63) is 29.3 Å². The Labute approximate surface area is 108 Å². The zero-order chi connectivity index (χ0) is 13.0. The molecule has 0 aliphatic heterocycles. The SMILES string of the molecule is CCOC(=O)c1ccc(C(=O)C(C)Br)c(O)c1. The van der Waals surface area contributed by atoms with E-state index in [0.29, 0.717) is 0 Å². The summed E-state index contributed by atoms with van der Waals surface area (Å²) in [5, 5.41) is 9.68. The largest absolute Gasteiger partial charge is 0.507 e. The number of esters is 1. The van der Waals surface area contributed by atoms with Crippen molar-refractivity contribution < 1.29 is 19.4 Å². The molecule has 0 bridgehead atoms. The van der Waals surface area contributed by atoms with E-state index in [9.17, 15) is 14.7 Å². The highest BCUT2D eigenvalue weighted by Gasteiger charge is 2.17. The van der Waals surface area contributed by atoms with E-state index in [1.54, 1.807) is 13.8 Å². The Morgan fingerprint density at radius 2 is 2.12 bits per heavy atom. The molecule has 1 N–H and O–H groups in total. The van der Waals surface area contributed by atoms with Gasteiger partial charge in [-0.1, -0.05) is 15.9 Å². The summed E-state index contributed by atoms with van der Waals surface area (Å²) in [6.07, 6.45) is 0. The van der Waals surface area contributed by atoms with Crippen LogP contribution >= 0.6 is 15.9 Å². The summed E-state index contributed by atoms with van der Waals surface area (Å²) in [5.74, 6) is -0.974. The lowest BCUT2D eigenvalue weighted by atomic mass is 10.1. The van der Waals surface area contributed by atoms with Gasteiger partial charge < -0.3 is 9.84 Å². The fraction of sp³-hybridized carbons (Fsp3) is 0.333. The predicted octanol–water partition coefficient (Wildman–Crippen LogP) is 2.54. The molecule has 1 unspecified atom stereocenters. The van der Waals surface area contributed by atoms with Gasteiger partial charge in [0.15, 0.2) is 5.78 Å². The molecule has 0 radical (unpaired) electrons. The van der Waals surface area contributed by atoms with Crippen LogP contribution in [0.25, 0.3) is 0 Å². The van der Waals surface area contributed by atoms with Gasteiger partial charge in [-0.05, 0) is 32.0 Å². The maximum absolute atomic E-state index is 11.6. The van der Waals surface area contributed by atoms with E-state index in [-0.39, 0.29) is 34.1 Å². The van der Waals surface area contributed by atoms with E-state index in [4.69, 9.17) is 4.74 Å². The van der Waals surface area contributed by atoms with E-state index in [2.05, 4.69) is 15.9 Å². The van der Waals surface area contributed by atoms with Crippen molar-refractivity contribution in [2.45, 2.75) is 18.7 Å². The number of carbonyl (C=O) groups excluding carboxylic acids is 2. The van der Waals surface area contributed by atoms with Crippen LogP contribution in [-0.2, 0) is 4.74 Å². The van der Waals surface area contributed by atoms with E-state index in [1.807, 2.05) is 0 Å². The fourth-order valence-electron chi connectivity index (χ4n) is 1.30. The molecule has 1 atom stereocenters. The van der Waals surface area contributed by atoms with Crippen molar-refractivity contribution in [1.82, 2.24) is 0 Å². The Bertz CT molecular complexity index is 440. The molecule has 0 aliphatic carbocycles. The van der Waals surface area contributed by atoms with Crippen LogP contribution in [0.5, 0.6) is 5.75 Å². The molecule has 0 aliphatic rings. The number of carbonyl (C=O) groups is 2. The van der Waals surface area contributed by atoms with E-state index in [1.165, 1.54) is 18.2 Å². The standard InChI is InChI=1S/C12H13BrO4/c1-3-17-12(16)8-4-5-9(10(14)6-8)11(15)7(2)13/h4-7,14H,3H2,1-2H3. The van der Waals surface area contributed by atoms with E-state index < -0.39 is 5.97 Å². The molecule has 17 heavy (non-hydrogen) atoms. The molecule has 0 aromatic heterocycles. The number of halogens is 1.